The van der Waals surface area contributed by atoms with Gasteiger partial charge in [0.05, 0.1) is 54.6 Å². The molecular formula is C52H67ClN6O8Si. The molecule has 1 fully saturated rings. The van der Waals surface area contributed by atoms with Gasteiger partial charge in [0, 0.05) is 73.5 Å². The second kappa shape index (κ2) is 20.2. The number of rotatable bonds is 14. The van der Waals surface area contributed by atoms with E-state index in [1.165, 1.54) is 0 Å². The van der Waals surface area contributed by atoms with E-state index >= 15 is 4.79 Å². The van der Waals surface area contributed by atoms with E-state index in [2.05, 4.69) is 38.8 Å². The summed E-state index contributed by atoms with van der Waals surface area (Å²) in [4.78, 5) is 46.9. The average molecular weight is 968 g/mol. The first-order valence-electron chi connectivity index (χ1n) is 23.4. The maximum atomic E-state index is 15.4. The van der Waals surface area contributed by atoms with Crippen LogP contribution in [0.15, 0.2) is 72.9 Å². The van der Waals surface area contributed by atoms with Crippen molar-refractivity contribution in [2.45, 2.75) is 104 Å². The number of ether oxygens (including phenoxy) is 3. The van der Waals surface area contributed by atoms with Gasteiger partial charge in [-0.1, -0.05) is 44.5 Å². The van der Waals surface area contributed by atoms with Crippen LogP contribution in [0.1, 0.15) is 91.2 Å². The summed E-state index contributed by atoms with van der Waals surface area (Å²) in [5.41, 5.74) is 5.96. The number of carbonyl (C=O) groups excluding carboxylic acids is 2. The molecule has 0 saturated carbocycles. The number of anilines is 2. The van der Waals surface area contributed by atoms with Gasteiger partial charge in [0.2, 0.25) is 8.32 Å². The number of aryl methyl sites for hydroxylation is 1. The van der Waals surface area contributed by atoms with Crippen LogP contribution >= 0.6 is 11.6 Å². The molecule has 1 saturated heterocycles. The molecule has 16 heteroatoms. The number of carboxylic acid groups (broad SMARTS) is 1. The van der Waals surface area contributed by atoms with Crippen molar-refractivity contribution in [2.75, 3.05) is 44.4 Å². The monoisotopic (exact) mass is 966 g/mol. The fourth-order valence-corrected chi connectivity index (χ4v) is 9.82. The quantitative estimate of drug-likeness (QED) is 0.0650. The summed E-state index contributed by atoms with van der Waals surface area (Å²) >= 11 is 6.56. The van der Waals surface area contributed by atoms with Crippen molar-refractivity contribution in [3.05, 3.63) is 112 Å². The van der Waals surface area contributed by atoms with E-state index in [1.54, 1.807) is 38.9 Å². The third-order valence-corrected chi connectivity index (χ3v) is 18.1. The highest BCUT2D eigenvalue weighted by atomic mass is 35.5. The zero-order chi connectivity index (χ0) is 49.3. The van der Waals surface area contributed by atoms with Crippen molar-refractivity contribution in [2.24, 2.45) is 14.1 Å². The third kappa shape index (κ3) is 11.1. The van der Waals surface area contributed by atoms with E-state index in [4.69, 9.17) is 35.3 Å². The lowest BCUT2D eigenvalue weighted by atomic mass is 9.93. The predicted molar refractivity (Wildman–Crippen MR) is 268 cm³/mol. The minimum absolute atomic E-state index is 0.0102. The Morgan fingerprint density at radius 2 is 1.66 bits per heavy atom. The number of benzene rings is 3. The average Bonchev–Trinajstić information content (AvgIpc) is 3.78. The molecule has 2 aliphatic heterocycles. The standard InChI is InChI=1S/C52H67ClN6O8Si/c1-34-41(30-45(55(34)8)43-28-36(53)17-22-40(43)49(61)66-51(2,3)4)48(60)59(37-18-20-39(21-19-37)67-68(10,11)52(5,6)7)46-31-54-56(9)44(46)15-13-25-65-47-16-12-14-35-32-58(50(62)63)38(29-42(35)47)33-57-23-26-64-27-24-57/h12,14,16-22,28,30-31,38H,13,15,23-27,29,32-33H2,1-11H3,(H,62,63). The number of hydrogen-bond acceptors (Lipinski definition) is 9. The molecule has 5 aromatic rings. The maximum absolute atomic E-state index is 15.4. The molecule has 364 valence electrons. The van der Waals surface area contributed by atoms with Crippen LogP contribution in [0, 0.1) is 6.92 Å². The van der Waals surface area contributed by atoms with Crippen molar-refractivity contribution < 1.29 is 38.1 Å². The van der Waals surface area contributed by atoms with Gasteiger partial charge >= 0.3 is 12.1 Å². The van der Waals surface area contributed by atoms with Crippen LogP contribution in [0.4, 0.5) is 16.2 Å². The van der Waals surface area contributed by atoms with Crippen molar-refractivity contribution in [3.8, 4) is 22.8 Å². The fourth-order valence-electron chi connectivity index (χ4n) is 8.61. The Morgan fingerprint density at radius 3 is 2.32 bits per heavy atom. The fraction of sp³-hybridized carbons (Fsp3) is 0.462. The smallest absolute Gasteiger partial charge is 0.407 e. The van der Waals surface area contributed by atoms with Gasteiger partial charge in [-0.15, -0.1) is 0 Å². The highest BCUT2D eigenvalue weighted by Gasteiger charge is 2.39. The molecule has 1 N–H and O–H groups in total. The Labute approximate surface area is 406 Å². The van der Waals surface area contributed by atoms with Crippen molar-refractivity contribution in [1.29, 1.82) is 0 Å². The molecule has 0 bridgehead atoms. The number of halogens is 1. The first-order valence-corrected chi connectivity index (χ1v) is 26.7. The summed E-state index contributed by atoms with van der Waals surface area (Å²) in [6, 6.07) is 20.2. The van der Waals surface area contributed by atoms with Gasteiger partial charge < -0.3 is 28.3 Å². The molecule has 2 aromatic heterocycles. The SMILES string of the molecule is Cc1c(C(=O)N(c2ccc(O[Si](C)(C)C(C)(C)C)cc2)c2cnn(C)c2CCCOc2cccc3c2CC(CN2CCOCC2)N(C(=O)O)C3)cc(-c2cc(Cl)ccc2C(=O)OC(C)(C)C)n1C. The number of esters is 1. The molecule has 0 spiro atoms. The lowest BCUT2D eigenvalue weighted by Crippen LogP contribution is -2.51. The summed E-state index contributed by atoms with van der Waals surface area (Å²) in [6.07, 6.45) is 2.49. The number of aromatic nitrogens is 3. The molecule has 3 aromatic carbocycles. The molecule has 2 amide bonds. The van der Waals surface area contributed by atoms with E-state index in [-0.39, 0.29) is 17.0 Å². The number of morpholine rings is 1. The summed E-state index contributed by atoms with van der Waals surface area (Å²) in [7, 11) is 1.58. The van der Waals surface area contributed by atoms with Gasteiger partial charge in [-0.2, -0.15) is 5.10 Å². The molecule has 68 heavy (non-hydrogen) atoms. The molecule has 0 radical (unpaired) electrons. The van der Waals surface area contributed by atoms with E-state index < -0.39 is 26.0 Å². The summed E-state index contributed by atoms with van der Waals surface area (Å²) in [5, 5.41) is 15.3. The van der Waals surface area contributed by atoms with Gasteiger partial charge in [0.25, 0.3) is 5.91 Å². The van der Waals surface area contributed by atoms with Gasteiger partial charge in [-0.25, -0.2) is 9.59 Å². The summed E-state index contributed by atoms with van der Waals surface area (Å²) in [6.45, 7) is 22.5. The molecule has 4 heterocycles. The molecule has 1 unspecified atom stereocenters. The Bertz CT molecular complexity index is 2640. The van der Waals surface area contributed by atoms with Crippen LogP contribution in [-0.2, 0) is 43.0 Å². The number of nitrogens with zero attached hydrogens (tertiary/aromatic N) is 6. The van der Waals surface area contributed by atoms with Gasteiger partial charge in [0.1, 0.15) is 17.1 Å². The summed E-state index contributed by atoms with van der Waals surface area (Å²) < 4.78 is 28.2. The van der Waals surface area contributed by atoms with E-state index in [0.717, 1.165) is 41.4 Å². The van der Waals surface area contributed by atoms with Crippen molar-refractivity contribution >= 4 is 49.3 Å². The molecule has 1 atom stereocenters. The second-order valence-corrected chi connectivity index (χ2v) is 25.6. The predicted octanol–water partition coefficient (Wildman–Crippen LogP) is 10.5. The molecule has 14 nitrogen and oxygen atoms in total. The first-order chi connectivity index (χ1) is 32.0. The normalized spacial score (nSPS) is 15.8. The number of hydrogen-bond donors (Lipinski definition) is 1. The highest BCUT2D eigenvalue weighted by molar-refractivity contribution is 6.74. The molecular weight excluding hydrogens is 900 g/mol. The highest BCUT2D eigenvalue weighted by Crippen LogP contribution is 2.40. The van der Waals surface area contributed by atoms with Crippen LogP contribution in [0.25, 0.3) is 11.3 Å². The largest absolute Gasteiger partial charge is 0.544 e. The zero-order valence-electron chi connectivity index (χ0n) is 41.4. The minimum atomic E-state index is -2.16. The Hall–Kier alpha value is -5.61. The van der Waals surface area contributed by atoms with Crippen LogP contribution in [0.3, 0.4) is 0 Å². The van der Waals surface area contributed by atoms with E-state index in [9.17, 15) is 14.7 Å². The van der Waals surface area contributed by atoms with Crippen molar-refractivity contribution in [3.63, 3.8) is 0 Å². The Balaban J connectivity index is 1.19. The Morgan fingerprint density at radius 1 is 0.956 bits per heavy atom. The number of amides is 2. The Kier molecular flexibility index (Phi) is 14.9. The van der Waals surface area contributed by atoms with Crippen LogP contribution in [-0.4, -0.2) is 107 Å². The lowest BCUT2D eigenvalue weighted by Gasteiger charge is -2.39. The third-order valence-electron chi connectivity index (χ3n) is 13.5. The van der Waals surface area contributed by atoms with E-state index in [1.807, 2.05) is 94.9 Å². The van der Waals surface area contributed by atoms with Crippen LogP contribution in [0.2, 0.25) is 23.2 Å². The first kappa shape index (κ1) is 50.3. The minimum Gasteiger partial charge on any atom is -0.544 e. The van der Waals surface area contributed by atoms with E-state index in [0.29, 0.717) is 96.6 Å². The van der Waals surface area contributed by atoms with Crippen molar-refractivity contribution in [1.82, 2.24) is 24.1 Å². The van der Waals surface area contributed by atoms with Crippen LogP contribution < -0.4 is 14.1 Å². The number of carbonyl (C=O) groups is 3. The molecule has 0 aliphatic carbocycles. The topological polar surface area (TPSA) is 141 Å². The van der Waals surface area contributed by atoms with Crippen LogP contribution in [0.5, 0.6) is 11.5 Å². The number of fused-ring (bicyclic) bond motifs is 1. The molecule has 7 rings (SSSR count). The zero-order valence-corrected chi connectivity index (χ0v) is 43.2. The van der Waals surface area contributed by atoms with Gasteiger partial charge in [-0.3, -0.25) is 24.2 Å². The lowest BCUT2D eigenvalue weighted by molar-refractivity contribution is 0.00699. The molecule has 2 aliphatic rings. The van der Waals surface area contributed by atoms with Gasteiger partial charge in [0.15, 0.2) is 0 Å². The summed E-state index contributed by atoms with van der Waals surface area (Å²) in [5.74, 6) is 0.709. The van der Waals surface area contributed by atoms with Gasteiger partial charge in [-0.05, 0) is 125 Å². The maximum Gasteiger partial charge on any atom is 0.407 e. The second-order valence-electron chi connectivity index (χ2n) is 20.4.